The van der Waals surface area contributed by atoms with Crippen LogP contribution in [0, 0.1) is 0 Å². The van der Waals surface area contributed by atoms with Crippen molar-refractivity contribution in [3.63, 3.8) is 0 Å². The minimum Gasteiger partial charge on any atom is -0.429 e. The number of morpholine rings is 1. The number of carbonyl (C=O) groups excluding carboxylic acids is 1. The highest BCUT2D eigenvalue weighted by Gasteiger charge is 2.12. The molecule has 5 heteroatoms. The highest BCUT2D eigenvalue weighted by atomic mass is 16.5. The average Bonchev–Trinajstić information content (AvgIpc) is 2.31. The molecular formula is C10H12N2O3. The second-order valence-corrected chi connectivity index (χ2v) is 3.16. The smallest absolute Gasteiger partial charge is 0.298 e. The number of nitrogens with zero attached hydrogens (tertiary/aromatic N) is 2. The van der Waals surface area contributed by atoms with E-state index >= 15 is 0 Å². The van der Waals surface area contributed by atoms with Crippen LogP contribution in [-0.2, 0) is 9.53 Å². The average molecular weight is 208 g/mol. The van der Waals surface area contributed by atoms with Crippen LogP contribution < -0.4 is 9.64 Å². The fourth-order valence-corrected chi connectivity index (χ4v) is 1.49. The van der Waals surface area contributed by atoms with E-state index in [1.54, 1.807) is 18.3 Å². The van der Waals surface area contributed by atoms with Gasteiger partial charge in [0.25, 0.3) is 6.47 Å². The Morgan fingerprint density at radius 1 is 1.47 bits per heavy atom. The number of anilines is 1. The lowest BCUT2D eigenvalue weighted by Gasteiger charge is -2.27. The van der Waals surface area contributed by atoms with Gasteiger partial charge in [-0.25, -0.2) is 4.98 Å². The van der Waals surface area contributed by atoms with Crippen molar-refractivity contribution in [2.75, 3.05) is 31.2 Å². The van der Waals surface area contributed by atoms with Gasteiger partial charge in [-0.05, 0) is 6.07 Å². The van der Waals surface area contributed by atoms with Crippen molar-refractivity contribution in [3.8, 4) is 5.75 Å². The van der Waals surface area contributed by atoms with Crippen LogP contribution in [0.3, 0.4) is 0 Å². The first-order valence-corrected chi connectivity index (χ1v) is 4.79. The number of aromatic nitrogens is 1. The van der Waals surface area contributed by atoms with Gasteiger partial charge in [-0.2, -0.15) is 0 Å². The van der Waals surface area contributed by atoms with Crippen molar-refractivity contribution < 1.29 is 14.3 Å². The van der Waals surface area contributed by atoms with E-state index in [1.807, 2.05) is 0 Å². The van der Waals surface area contributed by atoms with E-state index in [4.69, 9.17) is 9.47 Å². The molecule has 1 aromatic rings. The van der Waals surface area contributed by atoms with Gasteiger partial charge in [0, 0.05) is 25.4 Å². The molecule has 0 aliphatic carbocycles. The van der Waals surface area contributed by atoms with E-state index in [1.165, 1.54) is 0 Å². The first-order valence-electron chi connectivity index (χ1n) is 4.79. The largest absolute Gasteiger partial charge is 0.429 e. The van der Waals surface area contributed by atoms with Gasteiger partial charge >= 0.3 is 0 Å². The molecule has 0 radical (unpaired) electrons. The van der Waals surface area contributed by atoms with Gasteiger partial charge in [-0.1, -0.05) is 0 Å². The van der Waals surface area contributed by atoms with E-state index in [2.05, 4.69) is 9.88 Å². The molecule has 2 heterocycles. The summed E-state index contributed by atoms with van der Waals surface area (Å²) in [5.41, 5.74) is 0. The van der Waals surface area contributed by atoms with Crippen molar-refractivity contribution in [2.45, 2.75) is 0 Å². The monoisotopic (exact) mass is 208 g/mol. The normalized spacial score (nSPS) is 16.1. The fraction of sp³-hybridized carbons (Fsp3) is 0.400. The quantitative estimate of drug-likeness (QED) is 0.675. The van der Waals surface area contributed by atoms with Crippen molar-refractivity contribution in [1.82, 2.24) is 4.98 Å². The highest BCUT2D eigenvalue weighted by Crippen LogP contribution is 2.18. The van der Waals surface area contributed by atoms with Crippen LogP contribution >= 0.6 is 0 Å². The molecule has 0 aromatic carbocycles. The molecule has 1 saturated heterocycles. The topological polar surface area (TPSA) is 51.7 Å². The van der Waals surface area contributed by atoms with Gasteiger partial charge < -0.3 is 14.4 Å². The molecule has 0 saturated carbocycles. The summed E-state index contributed by atoms with van der Waals surface area (Å²) in [7, 11) is 0. The van der Waals surface area contributed by atoms with Gasteiger partial charge in [0.05, 0.1) is 13.2 Å². The maximum atomic E-state index is 10.2. The number of hydrogen-bond donors (Lipinski definition) is 0. The summed E-state index contributed by atoms with van der Waals surface area (Å²) in [6.45, 7) is 3.47. The van der Waals surface area contributed by atoms with Gasteiger partial charge in [0.1, 0.15) is 11.6 Å². The zero-order valence-electron chi connectivity index (χ0n) is 8.26. The molecule has 15 heavy (non-hydrogen) atoms. The van der Waals surface area contributed by atoms with Crippen LogP contribution in [0.1, 0.15) is 0 Å². The Kier molecular flexibility index (Phi) is 3.14. The summed E-state index contributed by atoms with van der Waals surface area (Å²) in [5.74, 6) is 1.33. The minimum atomic E-state index is 0.415. The van der Waals surface area contributed by atoms with Gasteiger partial charge in [0.15, 0.2) is 0 Å². The molecule has 0 amide bonds. The first kappa shape index (κ1) is 9.92. The van der Waals surface area contributed by atoms with Crippen LogP contribution in [-0.4, -0.2) is 37.8 Å². The highest BCUT2D eigenvalue weighted by molar-refractivity contribution is 5.49. The molecule has 1 aliphatic rings. The summed E-state index contributed by atoms with van der Waals surface area (Å²) < 4.78 is 10.0. The lowest BCUT2D eigenvalue weighted by Crippen LogP contribution is -2.36. The molecule has 0 bridgehead atoms. The Bertz CT molecular complexity index is 337. The fourth-order valence-electron chi connectivity index (χ4n) is 1.49. The van der Waals surface area contributed by atoms with E-state index in [-0.39, 0.29) is 0 Å². The third-order valence-corrected chi connectivity index (χ3v) is 2.24. The van der Waals surface area contributed by atoms with Crippen LogP contribution in [0.2, 0.25) is 0 Å². The molecule has 2 rings (SSSR count). The third-order valence-electron chi connectivity index (χ3n) is 2.24. The number of pyridine rings is 1. The number of rotatable bonds is 3. The maximum Gasteiger partial charge on any atom is 0.298 e. The SMILES string of the molecule is O=COc1ccnc(N2CCOCC2)c1. The maximum absolute atomic E-state index is 10.2. The van der Waals surface area contributed by atoms with E-state index in [9.17, 15) is 4.79 Å². The van der Waals surface area contributed by atoms with E-state index in [0.717, 1.165) is 18.9 Å². The second-order valence-electron chi connectivity index (χ2n) is 3.16. The Balaban J connectivity index is 2.12. The molecule has 0 atom stereocenters. The Morgan fingerprint density at radius 3 is 3.00 bits per heavy atom. The van der Waals surface area contributed by atoms with Crippen molar-refractivity contribution >= 4 is 12.3 Å². The van der Waals surface area contributed by atoms with E-state index < -0.39 is 0 Å². The van der Waals surface area contributed by atoms with Gasteiger partial charge in [0.2, 0.25) is 0 Å². The van der Waals surface area contributed by atoms with Crippen LogP contribution in [0.4, 0.5) is 5.82 Å². The lowest BCUT2D eigenvalue weighted by molar-refractivity contribution is -0.120. The summed E-state index contributed by atoms with van der Waals surface area (Å²) in [5, 5.41) is 0. The summed E-state index contributed by atoms with van der Waals surface area (Å²) in [4.78, 5) is 16.5. The van der Waals surface area contributed by atoms with Crippen LogP contribution in [0.25, 0.3) is 0 Å². The summed E-state index contributed by atoms with van der Waals surface area (Å²) in [6.07, 6.45) is 1.63. The minimum absolute atomic E-state index is 0.415. The number of carbonyl (C=O) groups is 1. The molecule has 5 nitrogen and oxygen atoms in total. The van der Waals surface area contributed by atoms with Crippen molar-refractivity contribution in [2.24, 2.45) is 0 Å². The van der Waals surface area contributed by atoms with Crippen molar-refractivity contribution in [1.29, 1.82) is 0 Å². The predicted octanol–water partition coefficient (Wildman–Crippen LogP) is 0.453. The molecular weight excluding hydrogens is 196 g/mol. The lowest BCUT2D eigenvalue weighted by atomic mass is 10.3. The predicted molar refractivity (Wildman–Crippen MR) is 54.0 cm³/mol. The van der Waals surface area contributed by atoms with E-state index in [0.29, 0.717) is 25.4 Å². The Morgan fingerprint density at radius 2 is 2.27 bits per heavy atom. The number of hydrogen-bond acceptors (Lipinski definition) is 5. The van der Waals surface area contributed by atoms with Gasteiger partial charge in [-0.15, -0.1) is 0 Å². The molecule has 0 spiro atoms. The molecule has 80 valence electrons. The van der Waals surface area contributed by atoms with Gasteiger partial charge in [-0.3, -0.25) is 4.79 Å². The standard InChI is InChI=1S/C10H12N2O3/c13-8-15-9-1-2-11-10(7-9)12-3-5-14-6-4-12/h1-2,7-8H,3-6H2. The second kappa shape index (κ2) is 4.75. The molecule has 1 fully saturated rings. The first-order chi connectivity index (χ1) is 7.40. The van der Waals surface area contributed by atoms with Crippen LogP contribution in [0.15, 0.2) is 18.3 Å². The molecule has 1 aromatic heterocycles. The Hall–Kier alpha value is -1.62. The summed E-state index contributed by atoms with van der Waals surface area (Å²) in [6, 6.07) is 3.40. The molecule has 1 aliphatic heterocycles. The van der Waals surface area contributed by atoms with Crippen molar-refractivity contribution in [3.05, 3.63) is 18.3 Å². The molecule has 0 N–H and O–H groups in total. The van der Waals surface area contributed by atoms with Crippen LogP contribution in [0.5, 0.6) is 5.75 Å². The summed E-state index contributed by atoms with van der Waals surface area (Å²) >= 11 is 0. The Labute approximate surface area is 87.6 Å². The third kappa shape index (κ3) is 2.44. The molecule has 0 unspecified atom stereocenters. The zero-order valence-corrected chi connectivity index (χ0v) is 8.26. The zero-order chi connectivity index (χ0) is 10.5. The number of ether oxygens (including phenoxy) is 2.